The van der Waals surface area contributed by atoms with Gasteiger partial charge < -0.3 is 24.8 Å². The molecule has 2 unspecified atom stereocenters. The largest absolute Gasteiger partial charge is 0.493 e. The Morgan fingerprint density at radius 3 is 2.61 bits per heavy atom. The number of anilines is 1. The third-order valence-electron chi connectivity index (χ3n) is 4.29. The van der Waals surface area contributed by atoms with E-state index in [1.807, 2.05) is 18.2 Å². The minimum Gasteiger partial charge on any atom is -0.493 e. The van der Waals surface area contributed by atoms with Crippen LogP contribution in [0.5, 0.6) is 11.5 Å². The molecule has 1 aliphatic heterocycles. The summed E-state index contributed by atoms with van der Waals surface area (Å²) in [6, 6.07) is 5.97. The van der Waals surface area contributed by atoms with Crippen molar-refractivity contribution >= 4 is 11.7 Å². The maximum atomic E-state index is 11.3. The van der Waals surface area contributed by atoms with E-state index in [9.17, 15) is 4.79 Å². The van der Waals surface area contributed by atoms with E-state index in [1.54, 1.807) is 14.2 Å². The van der Waals surface area contributed by atoms with Gasteiger partial charge in [0, 0.05) is 37.3 Å². The van der Waals surface area contributed by atoms with Crippen LogP contribution in [0, 0.1) is 5.92 Å². The summed E-state index contributed by atoms with van der Waals surface area (Å²) >= 11 is 0. The van der Waals surface area contributed by atoms with Gasteiger partial charge in [-0.3, -0.25) is 4.79 Å². The van der Waals surface area contributed by atoms with E-state index in [0.717, 1.165) is 31.6 Å². The van der Waals surface area contributed by atoms with E-state index in [0.29, 0.717) is 23.8 Å². The molecule has 0 radical (unpaired) electrons. The normalized spacial score (nSPS) is 21.0. The lowest BCUT2D eigenvalue weighted by atomic mass is 9.90. The van der Waals surface area contributed by atoms with Crippen LogP contribution in [-0.2, 0) is 9.53 Å². The second kappa shape index (κ2) is 8.06. The number of esters is 1. The third-order valence-corrected chi connectivity index (χ3v) is 4.29. The van der Waals surface area contributed by atoms with Crippen molar-refractivity contribution in [1.82, 2.24) is 0 Å². The molecule has 128 valence electrons. The van der Waals surface area contributed by atoms with Crippen LogP contribution in [0.2, 0.25) is 0 Å². The first-order valence-corrected chi connectivity index (χ1v) is 7.86. The van der Waals surface area contributed by atoms with Crippen LogP contribution in [-0.4, -0.2) is 46.4 Å². The van der Waals surface area contributed by atoms with Gasteiger partial charge in [-0.15, -0.1) is 0 Å². The molecule has 23 heavy (non-hydrogen) atoms. The van der Waals surface area contributed by atoms with Crippen molar-refractivity contribution in [2.24, 2.45) is 11.7 Å². The first kappa shape index (κ1) is 17.4. The number of nitrogens with zero attached hydrogens (tertiary/aromatic N) is 1. The number of ether oxygens (including phenoxy) is 3. The molecule has 2 N–H and O–H groups in total. The summed E-state index contributed by atoms with van der Waals surface area (Å²) in [5.41, 5.74) is 7.26. The maximum Gasteiger partial charge on any atom is 0.305 e. The fraction of sp³-hybridized carbons (Fsp3) is 0.588. The number of piperidine rings is 1. The standard InChI is InChI=1S/C17H26N2O4/c1-21-15-6-5-14(9-16(15)22-2)19-10-12(8-13(18)11-19)4-7-17(20)23-3/h5-6,9,12-13H,4,7-8,10-11,18H2,1-3H3. The summed E-state index contributed by atoms with van der Waals surface area (Å²) in [4.78, 5) is 13.6. The second-order valence-corrected chi connectivity index (χ2v) is 5.92. The predicted molar refractivity (Wildman–Crippen MR) is 89.1 cm³/mol. The highest BCUT2D eigenvalue weighted by Crippen LogP contribution is 2.33. The summed E-state index contributed by atoms with van der Waals surface area (Å²) < 4.78 is 15.4. The van der Waals surface area contributed by atoms with Crippen molar-refractivity contribution in [2.45, 2.75) is 25.3 Å². The number of benzene rings is 1. The Morgan fingerprint density at radius 2 is 1.96 bits per heavy atom. The van der Waals surface area contributed by atoms with E-state index < -0.39 is 0 Å². The molecule has 2 rings (SSSR count). The molecule has 6 heteroatoms. The Kier molecular flexibility index (Phi) is 6.10. The van der Waals surface area contributed by atoms with Crippen LogP contribution in [0.15, 0.2) is 18.2 Å². The van der Waals surface area contributed by atoms with Gasteiger partial charge in [0.15, 0.2) is 11.5 Å². The fourth-order valence-corrected chi connectivity index (χ4v) is 3.11. The molecule has 0 saturated carbocycles. The first-order valence-electron chi connectivity index (χ1n) is 7.86. The topological polar surface area (TPSA) is 74.0 Å². The molecule has 1 aromatic rings. The molecule has 1 aliphatic rings. The van der Waals surface area contributed by atoms with Gasteiger partial charge in [0.25, 0.3) is 0 Å². The van der Waals surface area contributed by atoms with E-state index >= 15 is 0 Å². The van der Waals surface area contributed by atoms with Crippen LogP contribution < -0.4 is 20.1 Å². The van der Waals surface area contributed by atoms with Gasteiger partial charge in [-0.2, -0.15) is 0 Å². The van der Waals surface area contributed by atoms with Crippen molar-refractivity contribution in [3.05, 3.63) is 18.2 Å². The molecule has 1 heterocycles. The quantitative estimate of drug-likeness (QED) is 0.805. The zero-order valence-electron chi connectivity index (χ0n) is 14.1. The smallest absolute Gasteiger partial charge is 0.305 e. The number of methoxy groups -OCH3 is 3. The number of hydrogen-bond donors (Lipinski definition) is 1. The predicted octanol–water partition coefficient (Wildman–Crippen LogP) is 1.81. The monoisotopic (exact) mass is 322 g/mol. The van der Waals surface area contributed by atoms with Crippen molar-refractivity contribution in [3.8, 4) is 11.5 Å². The lowest BCUT2D eigenvalue weighted by Crippen LogP contribution is -2.47. The van der Waals surface area contributed by atoms with Gasteiger partial charge in [-0.25, -0.2) is 0 Å². The summed E-state index contributed by atoms with van der Waals surface area (Å²) in [5.74, 6) is 1.63. The second-order valence-electron chi connectivity index (χ2n) is 5.92. The summed E-state index contributed by atoms with van der Waals surface area (Å²) in [5, 5.41) is 0. The Hall–Kier alpha value is -1.95. The fourth-order valence-electron chi connectivity index (χ4n) is 3.11. The molecular weight excluding hydrogens is 296 g/mol. The Labute approximate surface area is 137 Å². The van der Waals surface area contributed by atoms with E-state index in [1.165, 1.54) is 7.11 Å². The minimum atomic E-state index is -0.165. The van der Waals surface area contributed by atoms with E-state index in [-0.39, 0.29) is 12.0 Å². The molecule has 0 aromatic heterocycles. The van der Waals surface area contributed by atoms with Crippen LogP contribution in [0.4, 0.5) is 5.69 Å². The van der Waals surface area contributed by atoms with Gasteiger partial charge in [0.1, 0.15) is 0 Å². The van der Waals surface area contributed by atoms with Crippen LogP contribution in [0.25, 0.3) is 0 Å². The lowest BCUT2D eigenvalue weighted by molar-refractivity contribution is -0.141. The average Bonchev–Trinajstić information content (AvgIpc) is 2.58. The summed E-state index contributed by atoms with van der Waals surface area (Å²) in [6.45, 7) is 1.67. The minimum absolute atomic E-state index is 0.0968. The number of hydrogen-bond acceptors (Lipinski definition) is 6. The van der Waals surface area contributed by atoms with Gasteiger partial charge in [-0.1, -0.05) is 0 Å². The lowest BCUT2D eigenvalue weighted by Gasteiger charge is -2.38. The molecule has 0 aliphatic carbocycles. The van der Waals surface area contributed by atoms with Crippen molar-refractivity contribution in [3.63, 3.8) is 0 Å². The highest BCUT2D eigenvalue weighted by molar-refractivity contribution is 5.69. The average molecular weight is 322 g/mol. The van der Waals surface area contributed by atoms with Gasteiger partial charge in [0.2, 0.25) is 0 Å². The van der Waals surface area contributed by atoms with E-state index in [4.69, 9.17) is 19.9 Å². The Bertz CT molecular complexity index is 535. The summed E-state index contributed by atoms with van der Waals surface area (Å²) in [7, 11) is 4.67. The number of carbonyl (C=O) groups is 1. The van der Waals surface area contributed by atoms with E-state index in [2.05, 4.69) is 4.90 Å². The number of nitrogens with two attached hydrogens (primary N) is 1. The highest BCUT2D eigenvalue weighted by atomic mass is 16.5. The highest BCUT2D eigenvalue weighted by Gasteiger charge is 2.26. The van der Waals surface area contributed by atoms with Gasteiger partial charge in [-0.05, 0) is 30.9 Å². The first-order chi connectivity index (χ1) is 11.1. The molecule has 6 nitrogen and oxygen atoms in total. The van der Waals surface area contributed by atoms with Gasteiger partial charge in [0.05, 0.1) is 21.3 Å². The van der Waals surface area contributed by atoms with Crippen LogP contribution in [0.3, 0.4) is 0 Å². The third kappa shape index (κ3) is 4.51. The molecule has 0 amide bonds. The van der Waals surface area contributed by atoms with Crippen molar-refractivity contribution < 1.29 is 19.0 Å². The number of carbonyl (C=O) groups excluding carboxylic acids is 1. The van der Waals surface area contributed by atoms with Crippen molar-refractivity contribution in [2.75, 3.05) is 39.3 Å². The Morgan fingerprint density at radius 1 is 1.22 bits per heavy atom. The molecular formula is C17H26N2O4. The maximum absolute atomic E-state index is 11.3. The molecule has 0 bridgehead atoms. The van der Waals surface area contributed by atoms with Crippen molar-refractivity contribution in [1.29, 1.82) is 0 Å². The molecule has 1 aromatic carbocycles. The van der Waals surface area contributed by atoms with Crippen LogP contribution in [0.1, 0.15) is 19.3 Å². The van der Waals surface area contributed by atoms with Gasteiger partial charge >= 0.3 is 5.97 Å². The zero-order chi connectivity index (χ0) is 16.8. The number of rotatable bonds is 6. The molecule has 1 fully saturated rings. The Balaban J connectivity index is 2.07. The molecule has 0 spiro atoms. The SMILES string of the molecule is COC(=O)CCC1CC(N)CN(c2ccc(OC)c(OC)c2)C1. The zero-order valence-corrected chi connectivity index (χ0v) is 14.1. The molecule has 2 atom stereocenters. The summed E-state index contributed by atoms with van der Waals surface area (Å²) in [6.07, 6.45) is 2.17. The molecule has 1 saturated heterocycles. The van der Waals surface area contributed by atoms with Crippen LogP contribution >= 0.6 is 0 Å².